The van der Waals surface area contributed by atoms with E-state index in [1.54, 1.807) is 0 Å². The van der Waals surface area contributed by atoms with Crippen molar-refractivity contribution in [3.8, 4) is 0 Å². The summed E-state index contributed by atoms with van der Waals surface area (Å²) in [7, 11) is 0. The van der Waals surface area contributed by atoms with Crippen LogP contribution in [0.1, 0.15) is 52.9 Å². The molecule has 5 heteroatoms. The molecule has 0 radical (unpaired) electrons. The third kappa shape index (κ3) is 5.19. The molecular formula is C14H26N2O3. The van der Waals surface area contributed by atoms with Gasteiger partial charge in [-0.2, -0.15) is 0 Å². The van der Waals surface area contributed by atoms with Crippen molar-refractivity contribution in [2.75, 3.05) is 13.1 Å². The van der Waals surface area contributed by atoms with Crippen molar-refractivity contribution in [2.45, 2.75) is 58.4 Å². The van der Waals surface area contributed by atoms with Crippen LogP contribution >= 0.6 is 0 Å². The van der Waals surface area contributed by atoms with E-state index in [4.69, 9.17) is 0 Å². The van der Waals surface area contributed by atoms with Crippen LogP contribution in [0.4, 0.5) is 0 Å². The van der Waals surface area contributed by atoms with Gasteiger partial charge in [-0.15, -0.1) is 0 Å². The maximum absolute atomic E-state index is 11.7. The summed E-state index contributed by atoms with van der Waals surface area (Å²) in [4.78, 5) is 23.0. The summed E-state index contributed by atoms with van der Waals surface area (Å²) in [5, 5.41) is 15.3. The van der Waals surface area contributed by atoms with Crippen molar-refractivity contribution in [3.05, 3.63) is 0 Å². The van der Waals surface area contributed by atoms with Crippen LogP contribution in [0.2, 0.25) is 0 Å². The smallest absolute Gasteiger partial charge is 0.311 e. The van der Waals surface area contributed by atoms with E-state index >= 15 is 0 Å². The van der Waals surface area contributed by atoms with Crippen molar-refractivity contribution in [2.24, 2.45) is 5.41 Å². The summed E-state index contributed by atoms with van der Waals surface area (Å²) in [6.07, 6.45) is 3.60. The molecule has 0 heterocycles. The van der Waals surface area contributed by atoms with E-state index in [1.807, 2.05) is 20.8 Å². The van der Waals surface area contributed by atoms with Crippen LogP contribution in [0.5, 0.6) is 0 Å². The second-order valence-electron chi connectivity index (χ2n) is 6.50. The summed E-state index contributed by atoms with van der Waals surface area (Å²) in [5.41, 5.74) is -0.735. The first-order valence-electron chi connectivity index (χ1n) is 7.00. The molecule has 1 fully saturated rings. The van der Waals surface area contributed by atoms with Gasteiger partial charge in [0.15, 0.2) is 0 Å². The number of carboxylic acid groups (broad SMARTS) is 1. The molecule has 5 nitrogen and oxygen atoms in total. The fraction of sp³-hybridized carbons (Fsp3) is 0.857. The van der Waals surface area contributed by atoms with Gasteiger partial charge >= 0.3 is 5.97 Å². The topological polar surface area (TPSA) is 78.4 Å². The van der Waals surface area contributed by atoms with Crippen LogP contribution in [-0.4, -0.2) is 35.6 Å². The summed E-state index contributed by atoms with van der Waals surface area (Å²) >= 11 is 0. The molecule has 1 rings (SSSR count). The van der Waals surface area contributed by atoms with Crippen LogP contribution in [-0.2, 0) is 9.59 Å². The van der Waals surface area contributed by atoms with Gasteiger partial charge in [0, 0.05) is 25.0 Å². The van der Waals surface area contributed by atoms with Gasteiger partial charge in [0.05, 0.1) is 5.41 Å². The van der Waals surface area contributed by atoms with E-state index in [2.05, 4.69) is 10.6 Å². The van der Waals surface area contributed by atoms with Crippen LogP contribution in [0.3, 0.4) is 0 Å². The lowest BCUT2D eigenvalue weighted by Crippen LogP contribution is -2.43. The van der Waals surface area contributed by atoms with Crippen LogP contribution in [0, 0.1) is 5.41 Å². The molecule has 1 aliphatic carbocycles. The Morgan fingerprint density at radius 3 is 2.26 bits per heavy atom. The van der Waals surface area contributed by atoms with Crippen molar-refractivity contribution in [1.82, 2.24) is 10.6 Å². The van der Waals surface area contributed by atoms with Crippen LogP contribution < -0.4 is 10.6 Å². The molecule has 0 atom stereocenters. The van der Waals surface area contributed by atoms with Gasteiger partial charge in [0.2, 0.25) is 5.91 Å². The van der Waals surface area contributed by atoms with E-state index in [0.29, 0.717) is 25.8 Å². The molecule has 1 aliphatic rings. The van der Waals surface area contributed by atoms with Crippen molar-refractivity contribution in [3.63, 3.8) is 0 Å². The predicted octanol–water partition coefficient (Wildman–Crippen LogP) is 1.53. The zero-order valence-corrected chi connectivity index (χ0v) is 12.2. The van der Waals surface area contributed by atoms with E-state index in [1.165, 1.54) is 0 Å². The Kier molecular flexibility index (Phi) is 5.35. The molecule has 0 unspecified atom stereocenters. The monoisotopic (exact) mass is 270 g/mol. The molecule has 0 saturated heterocycles. The van der Waals surface area contributed by atoms with E-state index < -0.39 is 11.4 Å². The fourth-order valence-corrected chi connectivity index (χ4v) is 2.43. The first-order chi connectivity index (χ1) is 8.75. The number of rotatable bonds is 6. The Labute approximate surface area is 115 Å². The van der Waals surface area contributed by atoms with Crippen molar-refractivity contribution < 1.29 is 14.7 Å². The standard InChI is InChI=1S/C14H26N2O3/c1-13(2,3)16-9-6-11(17)15-10-14(12(18)19)7-4-5-8-14/h16H,4-10H2,1-3H3,(H,15,17)(H,18,19). The lowest BCUT2D eigenvalue weighted by molar-refractivity contribution is -0.148. The van der Waals surface area contributed by atoms with Crippen LogP contribution in [0.15, 0.2) is 0 Å². The number of carbonyl (C=O) groups excluding carboxylic acids is 1. The minimum atomic E-state index is -0.780. The quantitative estimate of drug-likeness (QED) is 0.684. The number of carboxylic acids is 1. The lowest BCUT2D eigenvalue weighted by Gasteiger charge is -2.24. The second kappa shape index (κ2) is 6.37. The van der Waals surface area contributed by atoms with Gasteiger partial charge in [-0.05, 0) is 33.6 Å². The molecule has 110 valence electrons. The predicted molar refractivity (Wildman–Crippen MR) is 73.9 cm³/mol. The maximum atomic E-state index is 11.7. The van der Waals surface area contributed by atoms with Gasteiger partial charge in [0.25, 0.3) is 0 Å². The molecule has 0 aromatic heterocycles. The average molecular weight is 270 g/mol. The van der Waals surface area contributed by atoms with E-state index in [9.17, 15) is 14.7 Å². The highest BCUT2D eigenvalue weighted by atomic mass is 16.4. The van der Waals surface area contributed by atoms with Gasteiger partial charge in [0.1, 0.15) is 0 Å². The van der Waals surface area contributed by atoms with Crippen LogP contribution in [0.25, 0.3) is 0 Å². The van der Waals surface area contributed by atoms with Crippen molar-refractivity contribution >= 4 is 11.9 Å². The Bertz CT molecular complexity index is 328. The van der Waals surface area contributed by atoms with E-state index in [0.717, 1.165) is 12.8 Å². The van der Waals surface area contributed by atoms with E-state index in [-0.39, 0.29) is 18.0 Å². The third-order valence-electron chi connectivity index (χ3n) is 3.65. The second-order valence-corrected chi connectivity index (χ2v) is 6.50. The Morgan fingerprint density at radius 1 is 1.21 bits per heavy atom. The largest absolute Gasteiger partial charge is 0.481 e. The molecule has 0 bridgehead atoms. The highest BCUT2D eigenvalue weighted by Gasteiger charge is 2.41. The Balaban J connectivity index is 2.31. The first kappa shape index (κ1) is 16.0. The molecule has 0 aliphatic heterocycles. The molecule has 19 heavy (non-hydrogen) atoms. The summed E-state index contributed by atoms with van der Waals surface area (Å²) in [6, 6.07) is 0. The number of carbonyl (C=O) groups is 2. The minimum absolute atomic E-state index is 0.00593. The molecular weight excluding hydrogens is 244 g/mol. The summed E-state index contributed by atoms with van der Waals surface area (Å²) < 4.78 is 0. The molecule has 0 spiro atoms. The highest BCUT2D eigenvalue weighted by molar-refractivity contribution is 5.79. The third-order valence-corrected chi connectivity index (χ3v) is 3.65. The Hall–Kier alpha value is -1.10. The first-order valence-corrected chi connectivity index (χ1v) is 7.00. The van der Waals surface area contributed by atoms with Crippen molar-refractivity contribution in [1.29, 1.82) is 0 Å². The molecule has 1 amide bonds. The average Bonchev–Trinajstić information content (AvgIpc) is 2.74. The number of amides is 1. The van der Waals surface area contributed by atoms with Gasteiger partial charge in [-0.1, -0.05) is 12.8 Å². The molecule has 3 N–H and O–H groups in total. The van der Waals surface area contributed by atoms with Gasteiger partial charge in [-0.3, -0.25) is 9.59 Å². The lowest BCUT2D eigenvalue weighted by atomic mass is 9.86. The molecule has 0 aromatic carbocycles. The number of hydrogen-bond donors (Lipinski definition) is 3. The zero-order valence-electron chi connectivity index (χ0n) is 12.2. The number of hydrogen-bond acceptors (Lipinski definition) is 3. The summed E-state index contributed by atoms with van der Waals surface area (Å²) in [6.45, 7) is 7.00. The zero-order chi connectivity index (χ0) is 14.5. The number of nitrogens with one attached hydrogen (secondary N) is 2. The molecule has 1 saturated carbocycles. The SMILES string of the molecule is CC(C)(C)NCCC(=O)NCC1(C(=O)O)CCCC1. The maximum Gasteiger partial charge on any atom is 0.311 e. The summed E-state index contributed by atoms with van der Waals surface area (Å²) in [5.74, 6) is -0.859. The van der Waals surface area contributed by atoms with Gasteiger partial charge < -0.3 is 15.7 Å². The normalized spacial score (nSPS) is 18.3. The molecule has 0 aromatic rings. The highest BCUT2D eigenvalue weighted by Crippen LogP contribution is 2.37. The Morgan fingerprint density at radius 2 is 1.79 bits per heavy atom. The fourth-order valence-electron chi connectivity index (χ4n) is 2.43. The minimum Gasteiger partial charge on any atom is -0.481 e. The number of aliphatic carboxylic acids is 1. The van der Waals surface area contributed by atoms with Gasteiger partial charge in [-0.25, -0.2) is 0 Å².